The van der Waals surface area contributed by atoms with Crippen LogP contribution >= 0.6 is 11.3 Å². The van der Waals surface area contributed by atoms with E-state index in [2.05, 4.69) is 21.4 Å². The fourth-order valence-electron chi connectivity index (χ4n) is 4.35. The summed E-state index contributed by atoms with van der Waals surface area (Å²) in [5.74, 6) is -0.978. The minimum absolute atomic E-state index is 0.213. The number of carbonyl (C=O) groups excluding carboxylic acids is 1. The third-order valence-corrected chi connectivity index (χ3v) is 7.76. The van der Waals surface area contributed by atoms with Crippen molar-refractivity contribution in [1.29, 1.82) is 0 Å². The number of fused-ring (bicyclic) bond motifs is 1. The molecule has 1 saturated carbocycles. The van der Waals surface area contributed by atoms with Gasteiger partial charge in [-0.1, -0.05) is 13.0 Å². The van der Waals surface area contributed by atoms with E-state index >= 15 is 0 Å². The van der Waals surface area contributed by atoms with E-state index in [4.69, 9.17) is 0 Å². The normalized spacial score (nSPS) is 22.0. The van der Waals surface area contributed by atoms with Crippen LogP contribution < -0.4 is 0 Å². The Morgan fingerprint density at radius 2 is 2.03 bits per heavy atom. The summed E-state index contributed by atoms with van der Waals surface area (Å²) in [4.78, 5) is 25.4. The number of thiazole rings is 1. The number of aliphatic hydroxyl groups excluding tert-OH is 1. The van der Waals surface area contributed by atoms with Gasteiger partial charge in [0.05, 0.1) is 12.2 Å². The highest BCUT2D eigenvalue weighted by Crippen LogP contribution is 2.30. The minimum Gasteiger partial charge on any atom is -0.505 e. The van der Waals surface area contributed by atoms with Crippen LogP contribution in [0.25, 0.3) is 5.57 Å². The van der Waals surface area contributed by atoms with Crippen LogP contribution in [0.3, 0.4) is 0 Å². The van der Waals surface area contributed by atoms with E-state index in [1.807, 2.05) is 4.90 Å². The van der Waals surface area contributed by atoms with Crippen molar-refractivity contribution in [3.8, 4) is 0 Å². The van der Waals surface area contributed by atoms with Crippen LogP contribution in [-0.4, -0.2) is 76.0 Å². The summed E-state index contributed by atoms with van der Waals surface area (Å²) < 4.78 is 13.9. The lowest BCUT2D eigenvalue weighted by Gasteiger charge is -2.43. The maximum absolute atomic E-state index is 13.9. The molecule has 0 atom stereocenters. The zero-order valence-electron chi connectivity index (χ0n) is 18.1. The minimum atomic E-state index is -0.717. The standard InChI is InChI=1S/C23H31FN4O2S/c1-3-20(29)18(24)13-16(2)23-25-19-7-8-26(14-21(19)31-23)15-22(30)28-11-9-27(10-12-28)17-5-4-6-17/h3,13,17,29H,1,4-12,14-15H2,2H3/b16-13+,20-18-. The first kappa shape index (κ1) is 22.2. The van der Waals surface area contributed by atoms with E-state index in [-0.39, 0.29) is 5.91 Å². The van der Waals surface area contributed by atoms with Crippen molar-refractivity contribution in [3.05, 3.63) is 45.9 Å². The van der Waals surface area contributed by atoms with Crippen LogP contribution in [0.4, 0.5) is 4.39 Å². The molecule has 1 saturated heterocycles. The summed E-state index contributed by atoms with van der Waals surface area (Å²) >= 11 is 1.53. The molecule has 6 nitrogen and oxygen atoms in total. The second-order valence-corrected chi connectivity index (χ2v) is 9.70. The van der Waals surface area contributed by atoms with Gasteiger partial charge in [0, 0.05) is 56.6 Å². The first-order chi connectivity index (χ1) is 14.9. The van der Waals surface area contributed by atoms with Crippen molar-refractivity contribution in [2.45, 2.75) is 45.2 Å². The molecule has 1 aliphatic carbocycles. The molecule has 168 valence electrons. The average Bonchev–Trinajstić information content (AvgIpc) is 3.16. The molecule has 1 aromatic rings. The predicted molar refractivity (Wildman–Crippen MR) is 121 cm³/mol. The highest BCUT2D eigenvalue weighted by molar-refractivity contribution is 7.12. The van der Waals surface area contributed by atoms with Crippen LogP contribution in [0, 0.1) is 0 Å². The molecular weight excluding hydrogens is 415 g/mol. The number of rotatable bonds is 6. The molecule has 4 rings (SSSR count). The van der Waals surface area contributed by atoms with E-state index in [9.17, 15) is 14.3 Å². The fourth-order valence-corrected chi connectivity index (χ4v) is 5.48. The number of hydrogen-bond donors (Lipinski definition) is 1. The molecule has 1 N–H and O–H groups in total. The Bertz CT molecular complexity index is 897. The fraction of sp³-hybridized carbons (Fsp3) is 0.565. The largest absolute Gasteiger partial charge is 0.505 e. The van der Waals surface area contributed by atoms with Gasteiger partial charge < -0.3 is 10.0 Å². The van der Waals surface area contributed by atoms with Gasteiger partial charge in [0.2, 0.25) is 5.91 Å². The first-order valence-electron chi connectivity index (χ1n) is 11.1. The number of piperazine rings is 1. The molecule has 0 aromatic carbocycles. The average molecular weight is 447 g/mol. The van der Waals surface area contributed by atoms with Crippen molar-refractivity contribution in [2.75, 3.05) is 39.3 Å². The van der Waals surface area contributed by atoms with Crippen LogP contribution in [0.2, 0.25) is 0 Å². The van der Waals surface area contributed by atoms with Crippen LogP contribution in [0.1, 0.15) is 41.8 Å². The maximum Gasteiger partial charge on any atom is 0.236 e. The Morgan fingerprint density at radius 1 is 1.29 bits per heavy atom. The van der Waals surface area contributed by atoms with Crippen LogP contribution in [-0.2, 0) is 17.8 Å². The molecule has 2 fully saturated rings. The van der Waals surface area contributed by atoms with E-state index in [1.165, 1.54) is 36.7 Å². The lowest BCUT2D eigenvalue weighted by molar-refractivity contribution is -0.135. The molecule has 8 heteroatoms. The molecule has 1 amide bonds. The summed E-state index contributed by atoms with van der Waals surface area (Å²) in [6, 6.07) is 0.750. The third-order valence-electron chi connectivity index (χ3n) is 6.55. The van der Waals surface area contributed by atoms with Gasteiger partial charge in [-0.2, -0.15) is 0 Å². The Kier molecular flexibility index (Phi) is 6.89. The third kappa shape index (κ3) is 5.07. The molecule has 1 aromatic heterocycles. The molecule has 3 aliphatic rings. The number of nitrogens with zero attached hydrogens (tertiary/aromatic N) is 4. The number of halogens is 1. The van der Waals surface area contributed by atoms with Gasteiger partial charge in [-0.05, 0) is 37.5 Å². The molecule has 3 heterocycles. The Morgan fingerprint density at radius 3 is 2.68 bits per heavy atom. The van der Waals surface area contributed by atoms with E-state index in [0.29, 0.717) is 18.7 Å². The predicted octanol–water partition coefficient (Wildman–Crippen LogP) is 3.53. The highest BCUT2D eigenvalue weighted by atomic mass is 32.1. The van der Waals surface area contributed by atoms with E-state index < -0.39 is 11.6 Å². The van der Waals surface area contributed by atoms with Crippen molar-refractivity contribution < 1.29 is 14.3 Å². The number of allylic oxidation sites excluding steroid dienone is 4. The molecule has 0 spiro atoms. The summed E-state index contributed by atoms with van der Waals surface area (Å²) in [6.45, 7) is 10.8. The Balaban J connectivity index is 1.32. The van der Waals surface area contributed by atoms with Crippen LogP contribution in [0.5, 0.6) is 0 Å². The van der Waals surface area contributed by atoms with Gasteiger partial charge in [-0.3, -0.25) is 14.6 Å². The zero-order valence-corrected chi connectivity index (χ0v) is 19.0. The van der Waals surface area contributed by atoms with Crippen molar-refractivity contribution in [1.82, 2.24) is 19.7 Å². The van der Waals surface area contributed by atoms with Crippen molar-refractivity contribution >= 4 is 22.8 Å². The number of amides is 1. The Labute approximate surface area is 187 Å². The lowest BCUT2D eigenvalue weighted by Crippen LogP contribution is -2.55. The van der Waals surface area contributed by atoms with Gasteiger partial charge in [-0.15, -0.1) is 11.3 Å². The number of carbonyl (C=O) groups is 1. The maximum atomic E-state index is 13.9. The molecule has 31 heavy (non-hydrogen) atoms. The van der Waals surface area contributed by atoms with Gasteiger partial charge in [0.25, 0.3) is 0 Å². The Hall–Kier alpha value is -2.03. The van der Waals surface area contributed by atoms with Gasteiger partial charge >= 0.3 is 0 Å². The van der Waals surface area contributed by atoms with E-state index in [0.717, 1.165) is 66.8 Å². The van der Waals surface area contributed by atoms with Gasteiger partial charge in [-0.25, -0.2) is 9.37 Å². The molecule has 0 unspecified atom stereocenters. The van der Waals surface area contributed by atoms with Crippen molar-refractivity contribution in [3.63, 3.8) is 0 Å². The van der Waals surface area contributed by atoms with Crippen molar-refractivity contribution in [2.24, 2.45) is 0 Å². The van der Waals surface area contributed by atoms with Crippen LogP contribution in [0.15, 0.2) is 30.3 Å². The highest BCUT2D eigenvalue weighted by Gasteiger charge is 2.30. The number of aromatic nitrogens is 1. The van der Waals surface area contributed by atoms with Gasteiger partial charge in [0.15, 0.2) is 11.6 Å². The van der Waals surface area contributed by atoms with Gasteiger partial charge in [0.1, 0.15) is 5.01 Å². The molecule has 0 bridgehead atoms. The topological polar surface area (TPSA) is 59.9 Å². The second-order valence-electron chi connectivity index (χ2n) is 8.62. The second kappa shape index (κ2) is 9.63. The quantitative estimate of drug-likeness (QED) is 0.535. The number of hydrogen-bond acceptors (Lipinski definition) is 6. The SMILES string of the molecule is C=C/C(O)=C(F)\C=C(/C)c1nc2c(s1)CN(CC(=O)N1CCN(C3CCC3)CC1)CC2. The molecular formula is C23H31FN4O2S. The van der Waals surface area contributed by atoms with E-state index in [1.54, 1.807) is 6.92 Å². The zero-order chi connectivity index (χ0) is 22.0. The molecule has 2 aliphatic heterocycles. The smallest absolute Gasteiger partial charge is 0.236 e. The lowest BCUT2D eigenvalue weighted by atomic mass is 9.91. The number of aliphatic hydroxyl groups is 1. The monoisotopic (exact) mass is 446 g/mol. The summed E-state index contributed by atoms with van der Waals surface area (Å²) in [5, 5.41) is 10.2. The summed E-state index contributed by atoms with van der Waals surface area (Å²) in [7, 11) is 0. The molecule has 0 radical (unpaired) electrons. The summed E-state index contributed by atoms with van der Waals surface area (Å²) in [5.41, 5.74) is 1.69. The summed E-state index contributed by atoms with van der Waals surface area (Å²) in [6.07, 6.45) is 7.12. The first-order valence-corrected chi connectivity index (χ1v) is 11.9.